The number of nitrogens with one attached hydrogen (secondary N) is 3. The fourth-order valence-electron chi connectivity index (χ4n) is 3.46. The molecule has 0 aliphatic carbocycles. The number of rotatable bonds is 5. The Balaban J connectivity index is 1.41. The molecule has 1 aromatic heterocycles. The van der Waals surface area contributed by atoms with Crippen LogP contribution in [0.1, 0.15) is 27.0 Å². The first-order valence-electron chi connectivity index (χ1n) is 11.0. The third-order valence-corrected chi connectivity index (χ3v) is 5.53. The number of halogens is 1. The Bertz CT molecular complexity index is 1520. The van der Waals surface area contributed by atoms with E-state index in [1.165, 1.54) is 12.3 Å². The molecule has 8 nitrogen and oxygen atoms in total. The maximum absolute atomic E-state index is 12.8. The molecule has 3 aromatic carbocycles. The predicted molar refractivity (Wildman–Crippen MR) is 141 cm³/mol. The van der Waals surface area contributed by atoms with Crippen LogP contribution in [0, 0.1) is 13.8 Å². The Morgan fingerprint density at radius 3 is 2.44 bits per heavy atom. The number of hydrogen-bond donors (Lipinski definition) is 3. The smallest absolute Gasteiger partial charge is 0.322 e. The van der Waals surface area contributed by atoms with E-state index in [-0.39, 0.29) is 16.4 Å². The second-order valence-corrected chi connectivity index (χ2v) is 8.45. The van der Waals surface area contributed by atoms with Gasteiger partial charge >= 0.3 is 11.8 Å². The third-order valence-electron chi connectivity index (χ3n) is 5.23. The van der Waals surface area contributed by atoms with Crippen molar-refractivity contribution in [2.24, 2.45) is 5.10 Å². The molecule has 36 heavy (non-hydrogen) atoms. The van der Waals surface area contributed by atoms with Gasteiger partial charge in [0.1, 0.15) is 5.15 Å². The number of aromatic nitrogens is 1. The molecule has 0 atom stereocenters. The molecule has 0 saturated heterocycles. The van der Waals surface area contributed by atoms with E-state index < -0.39 is 17.7 Å². The first kappa shape index (κ1) is 24.6. The van der Waals surface area contributed by atoms with Crippen LogP contribution in [0.25, 0.3) is 10.9 Å². The van der Waals surface area contributed by atoms with Gasteiger partial charge in [-0.2, -0.15) is 5.10 Å². The topological polar surface area (TPSA) is 113 Å². The molecule has 3 amide bonds. The zero-order valence-corrected chi connectivity index (χ0v) is 20.3. The SMILES string of the molecule is Cc1cccc(NC(=O)c2ccccc2NC(=O)C(=O)N/N=C/c2cc3ccc(C)cc3nc2Cl)c1. The van der Waals surface area contributed by atoms with Gasteiger partial charge in [-0.05, 0) is 61.4 Å². The zero-order chi connectivity index (χ0) is 25.7. The number of nitrogens with zero attached hydrogens (tertiary/aromatic N) is 2. The molecule has 4 aromatic rings. The van der Waals surface area contributed by atoms with Gasteiger partial charge in [-0.3, -0.25) is 14.4 Å². The fourth-order valence-corrected chi connectivity index (χ4v) is 3.66. The summed E-state index contributed by atoms with van der Waals surface area (Å²) in [6.45, 7) is 3.87. The average Bonchev–Trinajstić information content (AvgIpc) is 2.84. The highest BCUT2D eigenvalue weighted by Gasteiger charge is 2.18. The molecule has 0 saturated carbocycles. The van der Waals surface area contributed by atoms with E-state index in [1.54, 1.807) is 30.3 Å². The summed E-state index contributed by atoms with van der Waals surface area (Å²) >= 11 is 6.22. The number of hydrazone groups is 1. The quantitative estimate of drug-likeness (QED) is 0.158. The van der Waals surface area contributed by atoms with Crippen LogP contribution < -0.4 is 16.1 Å². The molecule has 0 aliphatic heterocycles. The van der Waals surface area contributed by atoms with Gasteiger partial charge in [0.05, 0.1) is 23.0 Å². The lowest BCUT2D eigenvalue weighted by molar-refractivity contribution is -0.136. The van der Waals surface area contributed by atoms with E-state index in [0.717, 1.165) is 22.0 Å². The van der Waals surface area contributed by atoms with E-state index in [4.69, 9.17) is 11.6 Å². The maximum atomic E-state index is 12.8. The van der Waals surface area contributed by atoms with Crippen LogP contribution in [0.5, 0.6) is 0 Å². The predicted octanol–water partition coefficient (Wildman–Crippen LogP) is 4.85. The Kier molecular flexibility index (Phi) is 7.36. The summed E-state index contributed by atoms with van der Waals surface area (Å²) in [6.07, 6.45) is 1.31. The number of benzene rings is 3. The number of amides is 3. The molecule has 4 rings (SSSR count). The molecule has 0 unspecified atom stereocenters. The molecule has 3 N–H and O–H groups in total. The van der Waals surface area contributed by atoms with Gasteiger partial charge in [0.2, 0.25) is 0 Å². The van der Waals surface area contributed by atoms with E-state index in [1.807, 2.05) is 50.2 Å². The summed E-state index contributed by atoms with van der Waals surface area (Å²) in [5.74, 6) is -2.43. The van der Waals surface area contributed by atoms with Crippen LogP contribution in [0.15, 0.2) is 77.9 Å². The highest BCUT2D eigenvalue weighted by Crippen LogP contribution is 2.21. The van der Waals surface area contributed by atoms with Crippen LogP contribution in [0.3, 0.4) is 0 Å². The molecule has 0 radical (unpaired) electrons. The first-order valence-corrected chi connectivity index (χ1v) is 11.4. The zero-order valence-electron chi connectivity index (χ0n) is 19.5. The van der Waals surface area contributed by atoms with Crippen molar-refractivity contribution >= 4 is 57.8 Å². The summed E-state index contributed by atoms with van der Waals surface area (Å²) in [6, 6.07) is 21.2. The van der Waals surface area contributed by atoms with Crippen molar-refractivity contribution in [1.29, 1.82) is 0 Å². The van der Waals surface area contributed by atoms with Crippen molar-refractivity contribution in [3.8, 4) is 0 Å². The number of fused-ring (bicyclic) bond motifs is 1. The second-order valence-electron chi connectivity index (χ2n) is 8.09. The van der Waals surface area contributed by atoms with Crippen molar-refractivity contribution in [3.63, 3.8) is 0 Å². The Hall–Kier alpha value is -4.56. The van der Waals surface area contributed by atoms with E-state index in [0.29, 0.717) is 11.3 Å². The maximum Gasteiger partial charge on any atom is 0.329 e. The fraction of sp³-hybridized carbons (Fsp3) is 0.0741. The van der Waals surface area contributed by atoms with Crippen molar-refractivity contribution in [2.45, 2.75) is 13.8 Å². The summed E-state index contributed by atoms with van der Waals surface area (Å²) < 4.78 is 0. The van der Waals surface area contributed by atoms with Gasteiger partial charge in [-0.1, -0.05) is 48.0 Å². The third kappa shape index (κ3) is 5.92. The molecule has 0 spiro atoms. The van der Waals surface area contributed by atoms with Gasteiger partial charge in [0.25, 0.3) is 5.91 Å². The Morgan fingerprint density at radius 2 is 1.64 bits per heavy atom. The minimum Gasteiger partial charge on any atom is -0.322 e. The van der Waals surface area contributed by atoms with Gasteiger partial charge in [-0.15, -0.1) is 0 Å². The van der Waals surface area contributed by atoms with Crippen molar-refractivity contribution in [1.82, 2.24) is 10.4 Å². The number of carbonyl (C=O) groups excluding carboxylic acids is 3. The number of anilines is 2. The number of aryl methyl sites for hydroxylation is 2. The normalized spacial score (nSPS) is 10.9. The van der Waals surface area contributed by atoms with Crippen LogP contribution in [-0.4, -0.2) is 28.9 Å². The summed E-state index contributed by atoms with van der Waals surface area (Å²) in [7, 11) is 0. The minimum atomic E-state index is -1.01. The highest BCUT2D eigenvalue weighted by atomic mass is 35.5. The molecule has 9 heteroatoms. The Morgan fingerprint density at radius 1 is 0.861 bits per heavy atom. The van der Waals surface area contributed by atoms with Gasteiger partial charge < -0.3 is 10.6 Å². The molecular weight excluding hydrogens is 478 g/mol. The monoisotopic (exact) mass is 499 g/mol. The van der Waals surface area contributed by atoms with Crippen LogP contribution >= 0.6 is 11.6 Å². The molecular formula is C27H22ClN5O3. The van der Waals surface area contributed by atoms with Crippen LogP contribution in [-0.2, 0) is 9.59 Å². The Labute approximate surface area is 212 Å². The van der Waals surface area contributed by atoms with Crippen LogP contribution in [0.2, 0.25) is 5.15 Å². The molecule has 0 bridgehead atoms. The largest absolute Gasteiger partial charge is 0.329 e. The minimum absolute atomic E-state index is 0.184. The summed E-state index contributed by atoms with van der Waals surface area (Å²) in [5, 5.41) is 10.1. The number of hydrogen-bond acceptors (Lipinski definition) is 5. The number of carbonyl (C=O) groups is 3. The van der Waals surface area contributed by atoms with Crippen LogP contribution in [0.4, 0.5) is 11.4 Å². The lowest BCUT2D eigenvalue weighted by atomic mass is 10.1. The van der Waals surface area contributed by atoms with Gasteiger partial charge in [0, 0.05) is 16.6 Å². The molecule has 0 aliphatic rings. The number of pyridine rings is 1. The standard InChI is InChI=1S/C27H22ClN5O3/c1-16-6-5-7-20(12-16)30-25(34)21-8-3-4-9-22(21)32-26(35)27(36)33-29-15-19-14-18-11-10-17(2)13-23(18)31-24(19)28/h3-15H,1-2H3,(H,30,34)(H,32,35)(H,33,36)/b29-15+. The van der Waals surface area contributed by atoms with E-state index >= 15 is 0 Å². The summed E-state index contributed by atoms with van der Waals surface area (Å²) in [4.78, 5) is 41.8. The first-order chi connectivity index (χ1) is 17.3. The molecule has 0 fully saturated rings. The molecule has 180 valence electrons. The van der Waals surface area contributed by atoms with Crippen molar-refractivity contribution in [3.05, 3.63) is 100 Å². The van der Waals surface area contributed by atoms with E-state index in [9.17, 15) is 14.4 Å². The van der Waals surface area contributed by atoms with Gasteiger partial charge in [0.15, 0.2) is 0 Å². The van der Waals surface area contributed by atoms with E-state index in [2.05, 4.69) is 26.1 Å². The second kappa shape index (κ2) is 10.8. The number of para-hydroxylation sites is 1. The van der Waals surface area contributed by atoms with Gasteiger partial charge in [-0.25, -0.2) is 10.4 Å². The summed E-state index contributed by atoms with van der Waals surface area (Å²) in [5.41, 5.74) is 6.43. The van der Waals surface area contributed by atoms with Crippen molar-refractivity contribution < 1.29 is 14.4 Å². The molecule has 1 heterocycles. The lowest BCUT2D eigenvalue weighted by Crippen LogP contribution is -2.33. The lowest BCUT2D eigenvalue weighted by Gasteiger charge is -2.11. The van der Waals surface area contributed by atoms with Crippen molar-refractivity contribution in [2.75, 3.05) is 10.6 Å². The average molecular weight is 500 g/mol. The highest BCUT2D eigenvalue weighted by molar-refractivity contribution is 6.40.